The number of halogens is 1. The third-order valence-electron chi connectivity index (χ3n) is 3.56. The topological polar surface area (TPSA) is 52.6 Å². The lowest BCUT2D eigenvalue weighted by Gasteiger charge is -2.20. The lowest BCUT2D eigenvalue weighted by molar-refractivity contribution is -0.123. The molecule has 0 aromatic heterocycles. The summed E-state index contributed by atoms with van der Waals surface area (Å²) in [6.07, 6.45) is 1.15. The third kappa shape index (κ3) is 1.84. The molecule has 0 bridgehead atoms. The Hall–Kier alpha value is -1.62. The number of aliphatic hydroxyl groups is 1. The van der Waals surface area contributed by atoms with Crippen LogP contribution >= 0.6 is 0 Å². The molecule has 1 aromatic rings. The molecule has 1 aromatic carbocycles. The molecule has 3 rings (SSSR count). The van der Waals surface area contributed by atoms with Crippen LogP contribution in [0, 0.1) is 11.7 Å². The summed E-state index contributed by atoms with van der Waals surface area (Å²) in [5.41, 5.74) is 1.29. The van der Waals surface area contributed by atoms with Crippen LogP contribution in [-0.4, -0.2) is 24.6 Å². The number of benzene rings is 1. The number of nitrogens with zero attached hydrogens (tertiary/aromatic N) is 1. The Morgan fingerprint density at radius 1 is 1.50 bits per heavy atom. The van der Waals surface area contributed by atoms with E-state index in [4.69, 9.17) is 0 Å². The zero-order valence-corrected chi connectivity index (χ0v) is 10.1. The zero-order valence-electron chi connectivity index (χ0n) is 10.1. The van der Waals surface area contributed by atoms with Crippen LogP contribution in [0.1, 0.15) is 24.5 Å². The van der Waals surface area contributed by atoms with Crippen molar-refractivity contribution >= 4 is 17.3 Å². The highest BCUT2D eigenvalue weighted by molar-refractivity contribution is 6.02. The van der Waals surface area contributed by atoms with Crippen LogP contribution in [0.25, 0.3) is 0 Å². The molecule has 2 aliphatic rings. The number of hydrogen-bond acceptors (Lipinski definition) is 3. The van der Waals surface area contributed by atoms with E-state index in [9.17, 15) is 14.3 Å². The summed E-state index contributed by atoms with van der Waals surface area (Å²) >= 11 is 0. The normalized spacial score (nSPS) is 21.7. The molecule has 5 heteroatoms. The molecule has 18 heavy (non-hydrogen) atoms. The molecule has 1 amide bonds. The summed E-state index contributed by atoms with van der Waals surface area (Å²) in [5.74, 6) is -0.235. The van der Waals surface area contributed by atoms with E-state index >= 15 is 0 Å². The highest BCUT2D eigenvalue weighted by Crippen LogP contribution is 2.37. The summed E-state index contributed by atoms with van der Waals surface area (Å²) < 4.78 is 14.0. The minimum absolute atomic E-state index is 0.320. The van der Waals surface area contributed by atoms with E-state index in [-0.39, 0.29) is 0 Å². The van der Waals surface area contributed by atoms with Gasteiger partial charge in [-0.3, -0.25) is 4.79 Å². The molecule has 0 radical (unpaired) electrons. The van der Waals surface area contributed by atoms with Crippen LogP contribution in [0.2, 0.25) is 0 Å². The maximum atomic E-state index is 14.0. The van der Waals surface area contributed by atoms with Gasteiger partial charge in [0, 0.05) is 24.8 Å². The fourth-order valence-corrected chi connectivity index (χ4v) is 2.33. The number of nitrogens with one attached hydrogen (secondary N) is 1. The van der Waals surface area contributed by atoms with Gasteiger partial charge < -0.3 is 15.3 Å². The van der Waals surface area contributed by atoms with Gasteiger partial charge in [0.05, 0.1) is 5.69 Å². The Morgan fingerprint density at radius 2 is 2.22 bits per heavy atom. The van der Waals surface area contributed by atoms with Crippen LogP contribution in [0.3, 0.4) is 0 Å². The minimum atomic E-state index is -1.25. The van der Waals surface area contributed by atoms with Gasteiger partial charge in [-0.2, -0.15) is 0 Å². The summed E-state index contributed by atoms with van der Waals surface area (Å²) in [6, 6.07) is 2.85. The molecular weight excluding hydrogens is 235 g/mol. The molecule has 1 fully saturated rings. The van der Waals surface area contributed by atoms with Gasteiger partial charge in [-0.1, -0.05) is 0 Å². The first-order chi connectivity index (χ1) is 8.56. The Bertz CT molecular complexity index is 514. The van der Waals surface area contributed by atoms with Gasteiger partial charge in [-0.15, -0.1) is 0 Å². The summed E-state index contributed by atoms with van der Waals surface area (Å²) in [5, 5.41) is 12.1. The number of fused-ring (bicyclic) bond motifs is 1. The second-order valence-corrected chi connectivity index (χ2v) is 5.11. The van der Waals surface area contributed by atoms with Gasteiger partial charge >= 0.3 is 0 Å². The Labute approximate surface area is 104 Å². The molecule has 1 saturated carbocycles. The molecule has 1 aliphatic carbocycles. The van der Waals surface area contributed by atoms with Crippen LogP contribution in [0.4, 0.5) is 15.8 Å². The van der Waals surface area contributed by atoms with Gasteiger partial charge in [0.1, 0.15) is 5.82 Å². The van der Waals surface area contributed by atoms with Gasteiger partial charge in [0.15, 0.2) is 6.10 Å². The van der Waals surface area contributed by atoms with Crippen LogP contribution < -0.4 is 10.2 Å². The van der Waals surface area contributed by atoms with Crippen molar-refractivity contribution in [3.05, 3.63) is 23.5 Å². The van der Waals surface area contributed by atoms with Crippen molar-refractivity contribution in [2.75, 3.05) is 23.8 Å². The second-order valence-electron chi connectivity index (χ2n) is 5.11. The lowest BCUT2D eigenvalue weighted by Crippen LogP contribution is -2.21. The Morgan fingerprint density at radius 3 is 2.89 bits per heavy atom. The van der Waals surface area contributed by atoms with Gasteiger partial charge in [-0.25, -0.2) is 4.39 Å². The molecule has 2 N–H and O–H groups in total. The number of carbonyl (C=O) groups is 1. The highest BCUT2D eigenvalue weighted by atomic mass is 19.1. The van der Waals surface area contributed by atoms with Crippen molar-refractivity contribution in [1.29, 1.82) is 0 Å². The van der Waals surface area contributed by atoms with Crippen LogP contribution in [0.5, 0.6) is 0 Å². The van der Waals surface area contributed by atoms with Crippen molar-refractivity contribution in [3.8, 4) is 0 Å². The summed E-state index contributed by atoms with van der Waals surface area (Å²) in [7, 11) is 1.84. The van der Waals surface area contributed by atoms with Crippen molar-refractivity contribution < 1.29 is 14.3 Å². The standard InChI is InChI=1S/C13H15FN2O2/c1-16(6-7-2-3-7)11-5-10-8(4-9(11)14)12(17)13(18)15-10/h4-5,7,12,17H,2-3,6H2,1H3,(H,15,18). The third-order valence-corrected chi connectivity index (χ3v) is 3.56. The first-order valence-electron chi connectivity index (χ1n) is 6.10. The molecule has 1 unspecified atom stereocenters. The first-order valence-corrected chi connectivity index (χ1v) is 6.10. The molecule has 0 spiro atoms. The average Bonchev–Trinajstić information content (AvgIpc) is 3.08. The van der Waals surface area contributed by atoms with Crippen molar-refractivity contribution in [2.24, 2.45) is 5.92 Å². The molecule has 1 atom stereocenters. The monoisotopic (exact) mass is 250 g/mol. The van der Waals surface area contributed by atoms with Gasteiger partial charge in [0.2, 0.25) is 0 Å². The number of carbonyl (C=O) groups excluding carboxylic acids is 1. The second kappa shape index (κ2) is 3.95. The van der Waals surface area contributed by atoms with Crippen molar-refractivity contribution in [3.63, 3.8) is 0 Å². The van der Waals surface area contributed by atoms with Gasteiger partial charge in [0.25, 0.3) is 5.91 Å². The van der Waals surface area contributed by atoms with E-state index in [0.717, 1.165) is 6.54 Å². The van der Waals surface area contributed by atoms with Crippen LogP contribution in [0.15, 0.2) is 12.1 Å². The van der Waals surface area contributed by atoms with E-state index < -0.39 is 17.8 Å². The number of aliphatic hydroxyl groups excluding tert-OH is 1. The summed E-state index contributed by atoms with van der Waals surface area (Å²) in [4.78, 5) is 13.2. The molecule has 1 heterocycles. The fraction of sp³-hybridized carbons (Fsp3) is 0.462. The van der Waals surface area contributed by atoms with Crippen LogP contribution in [-0.2, 0) is 4.79 Å². The molecule has 4 nitrogen and oxygen atoms in total. The number of amides is 1. The maximum absolute atomic E-state index is 14.0. The van der Waals surface area contributed by atoms with E-state index in [1.54, 1.807) is 6.07 Å². The zero-order chi connectivity index (χ0) is 12.9. The van der Waals surface area contributed by atoms with E-state index in [2.05, 4.69) is 5.32 Å². The Kier molecular flexibility index (Phi) is 2.52. The van der Waals surface area contributed by atoms with Crippen molar-refractivity contribution in [2.45, 2.75) is 18.9 Å². The van der Waals surface area contributed by atoms with Crippen molar-refractivity contribution in [1.82, 2.24) is 0 Å². The number of anilines is 2. The fourth-order valence-electron chi connectivity index (χ4n) is 2.33. The molecule has 96 valence electrons. The number of hydrogen-bond donors (Lipinski definition) is 2. The van der Waals surface area contributed by atoms with Gasteiger partial charge in [-0.05, 0) is 30.9 Å². The maximum Gasteiger partial charge on any atom is 0.257 e. The number of rotatable bonds is 3. The van der Waals surface area contributed by atoms with E-state index in [0.29, 0.717) is 22.9 Å². The Balaban J connectivity index is 1.92. The predicted molar refractivity (Wildman–Crippen MR) is 66.0 cm³/mol. The SMILES string of the molecule is CN(CC1CC1)c1cc2c(cc1F)C(O)C(=O)N2. The smallest absolute Gasteiger partial charge is 0.257 e. The summed E-state index contributed by atoms with van der Waals surface area (Å²) in [6.45, 7) is 0.826. The predicted octanol–water partition coefficient (Wildman–Crippen LogP) is 1.66. The van der Waals surface area contributed by atoms with E-state index in [1.807, 2.05) is 11.9 Å². The quantitative estimate of drug-likeness (QED) is 0.857. The average molecular weight is 250 g/mol. The minimum Gasteiger partial charge on any atom is -0.378 e. The highest BCUT2D eigenvalue weighted by Gasteiger charge is 2.31. The molecule has 0 saturated heterocycles. The first kappa shape index (κ1) is 11.5. The lowest BCUT2D eigenvalue weighted by atomic mass is 10.1. The molecular formula is C13H15FN2O2. The largest absolute Gasteiger partial charge is 0.378 e. The van der Waals surface area contributed by atoms with E-state index in [1.165, 1.54) is 18.9 Å². The molecule has 1 aliphatic heterocycles.